The van der Waals surface area contributed by atoms with Crippen LogP contribution in [0.25, 0.3) is 0 Å². The van der Waals surface area contributed by atoms with Gasteiger partial charge in [-0.05, 0) is 0 Å². The molecule has 0 aliphatic rings. The summed E-state index contributed by atoms with van der Waals surface area (Å²) in [4.78, 5) is 0. The molecule has 1 nitrogen and oxygen atoms in total. The van der Waals surface area contributed by atoms with Gasteiger partial charge in [0.05, 0.1) is 0 Å². The van der Waals surface area contributed by atoms with Crippen LogP contribution in [0.4, 0.5) is 0 Å². The molecule has 0 aliphatic heterocycles. The molecule has 0 saturated carbocycles. The summed E-state index contributed by atoms with van der Waals surface area (Å²) in [7, 11) is 0. The van der Waals surface area contributed by atoms with Crippen molar-refractivity contribution in [1.29, 1.82) is 5.26 Å². The second-order valence-corrected chi connectivity index (χ2v) is 1.67. The zero-order valence-corrected chi connectivity index (χ0v) is 4.91. The summed E-state index contributed by atoms with van der Waals surface area (Å²) >= 11 is 0. The summed E-state index contributed by atoms with van der Waals surface area (Å²) < 4.78 is 0. The first-order valence-corrected chi connectivity index (χ1v) is 2.72. The third kappa shape index (κ3) is 1.50. The van der Waals surface area contributed by atoms with E-state index in [4.69, 9.17) is 5.26 Å². The lowest BCUT2D eigenvalue weighted by molar-refractivity contribution is 1.50. The highest BCUT2D eigenvalue weighted by Crippen LogP contribution is 1.92. The zero-order valence-electron chi connectivity index (χ0n) is 4.91. The van der Waals surface area contributed by atoms with Gasteiger partial charge in [0.25, 0.3) is 0 Å². The third-order valence-electron chi connectivity index (χ3n) is 1.01. The van der Waals surface area contributed by atoms with Gasteiger partial charge in [-0.3, -0.25) is 0 Å². The van der Waals surface area contributed by atoms with Gasteiger partial charge in [-0.1, -0.05) is 0 Å². The van der Waals surface area contributed by atoms with Crippen molar-refractivity contribution >= 4 is 0 Å². The summed E-state index contributed by atoms with van der Waals surface area (Å²) in [6.07, 6.45) is 0. The predicted octanol–water partition coefficient (Wildman–Crippen LogP) is 1.84. The van der Waals surface area contributed by atoms with E-state index in [0.717, 1.165) is 0 Å². The minimum absolute atomic E-state index is 0.694. The summed E-state index contributed by atoms with van der Waals surface area (Å²) in [5.74, 6) is 0. The minimum Gasteiger partial charge on any atom is -0.191 e. The van der Waals surface area contributed by atoms with Gasteiger partial charge < -0.3 is 0 Å². The fraction of sp³-hybridized carbons (Fsp3) is 0. The van der Waals surface area contributed by atoms with Crippen molar-refractivity contribution in [3.63, 3.8) is 0 Å². The van der Waals surface area contributed by atoms with Crippen molar-refractivity contribution in [3.05, 3.63) is 42.0 Å². The standard InChI is InChI=1S/C8H6N/c9-7-8-5-3-1-2-4-6-8/h1-6H/q+1. The highest BCUT2D eigenvalue weighted by atomic mass is 14.2. The molecule has 0 spiro atoms. The number of nitrogens with zero attached hydrogens (tertiary/aromatic N) is 1. The lowest BCUT2D eigenvalue weighted by Crippen LogP contribution is -1.60. The maximum atomic E-state index is 8.40. The van der Waals surface area contributed by atoms with Crippen molar-refractivity contribution in [2.24, 2.45) is 0 Å². The van der Waals surface area contributed by atoms with E-state index in [0.29, 0.717) is 5.56 Å². The lowest BCUT2D eigenvalue weighted by atomic mass is 10.3. The average Bonchev–Trinajstić information content (AvgIpc) is 2.13. The monoisotopic (exact) mass is 116 g/mol. The Morgan fingerprint density at radius 3 is 3.00 bits per heavy atom. The van der Waals surface area contributed by atoms with Crippen LogP contribution in [0.15, 0.2) is 36.4 Å². The smallest absolute Gasteiger partial charge is 0.120 e. The molecule has 0 saturated heterocycles. The van der Waals surface area contributed by atoms with Gasteiger partial charge in [-0.2, -0.15) is 5.26 Å². The van der Waals surface area contributed by atoms with Crippen LogP contribution in [0.5, 0.6) is 0 Å². The molecule has 1 aromatic carbocycles. The fourth-order valence-electron chi connectivity index (χ4n) is 0.577. The summed E-state index contributed by atoms with van der Waals surface area (Å²) in [6, 6.07) is 13.1. The molecular formula is C8H6N+. The molecule has 0 atom stereocenters. The Morgan fingerprint density at radius 2 is 2.22 bits per heavy atom. The van der Waals surface area contributed by atoms with E-state index in [1.54, 1.807) is 12.1 Å². The molecule has 0 aliphatic carbocycles. The van der Waals surface area contributed by atoms with Gasteiger partial charge in [-0.25, -0.2) is 0 Å². The number of hydrogen-bond acceptors (Lipinski definition) is 1. The largest absolute Gasteiger partial charge is 0.191 e. The predicted molar refractivity (Wildman–Crippen MR) is 35.6 cm³/mol. The van der Waals surface area contributed by atoms with E-state index in [1.807, 2.05) is 30.3 Å². The van der Waals surface area contributed by atoms with Crippen molar-refractivity contribution in [2.45, 2.75) is 0 Å². The summed E-state index contributed by atoms with van der Waals surface area (Å²) in [5, 5.41) is 8.40. The molecule has 0 unspecified atom stereocenters. The molecular weight excluding hydrogens is 110 g/mol. The summed E-state index contributed by atoms with van der Waals surface area (Å²) in [5.41, 5.74) is 0.694. The Balaban J connectivity index is 3.15. The van der Waals surface area contributed by atoms with Gasteiger partial charge in [0.15, 0.2) is 0 Å². The quantitative estimate of drug-likeness (QED) is 0.474. The highest BCUT2D eigenvalue weighted by molar-refractivity contribution is 5.26. The van der Waals surface area contributed by atoms with Crippen LogP contribution in [0, 0.1) is 11.3 Å². The maximum Gasteiger partial charge on any atom is 0.120 e. The number of rotatable bonds is 0. The minimum atomic E-state index is 0.694. The Labute approximate surface area is 54.2 Å². The van der Waals surface area contributed by atoms with Crippen molar-refractivity contribution in [2.75, 3.05) is 0 Å². The highest BCUT2D eigenvalue weighted by Gasteiger charge is 1.85. The van der Waals surface area contributed by atoms with E-state index in [-0.39, 0.29) is 0 Å². The van der Waals surface area contributed by atoms with Crippen LogP contribution in [-0.2, 0) is 0 Å². The van der Waals surface area contributed by atoms with Gasteiger partial charge in [0.1, 0.15) is 11.6 Å². The first kappa shape index (κ1) is 5.71. The Hall–Kier alpha value is -1.42. The molecule has 9 heavy (non-hydrogen) atoms. The molecule has 0 N–H and O–H groups in total. The SMILES string of the molecule is N#Cc1ccc[cH+]cc1. The molecule has 1 aromatic rings. The first-order valence-electron chi connectivity index (χ1n) is 2.72. The normalized spacial score (nSPS) is 7.89. The molecule has 42 valence electrons. The fourth-order valence-corrected chi connectivity index (χ4v) is 0.577. The number of nitriles is 1. The van der Waals surface area contributed by atoms with E-state index >= 15 is 0 Å². The topological polar surface area (TPSA) is 23.8 Å². The van der Waals surface area contributed by atoms with E-state index in [9.17, 15) is 0 Å². The number of hydrogen-bond donors (Lipinski definition) is 0. The van der Waals surface area contributed by atoms with Crippen LogP contribution in [0.2, 0.25) is 0 Å². The van der Waals surface area contributed by atoms with Crippen LogP contribution in [-0.4, -0.2) is 0 Å². The van der Waals surface area contributed by atoms with Gasteiger partial charge >= 0.3 is 0 Å². The van der Waals surface area contributed by atoms with Crippen LogP contribution >= 0.6 is 0 Å². The van der Waals surface area contributed by atoms with E-state index in [2.05, 4.69) is 0 Å². The lowest BCUT2D eigenvalue weighted by Gasteiger charge is -1.64. The van der Waals surface area contributed by atoms with E-state index < -0.39 is 0 Å². The van der Waals surface area contributed by atoms with Crippen molar-refractivity contribution in [3.8, 4) is 6.07 Å². The Morgan fingerprint density at radius 1 is 1.33 bits per heavy atom. The Bertz CT molecular complexity index is 221. The van der Waals surface area contributed by atoms with Crippen molar-refractivity contribution < 1.29 is 0 Å². The first-order chi connectivity index (χ1) is 4.43. The maximum absolute atomic E-state index is 8.40. The van der Waals surface area contributed by atoms with Crippen molar-refractivity contribution in [1.82, 2.24) is 0 Å². The van der Waals surface area contributed by atoms with Gasteiger partial charge in [0.2, 0.25) is 0 Å². The van der Waals surface area contributed by atoms with Crippen LogP contribution in [0.3, 0.4) is 0 Å². The van der Waals surface area contributed by atoms with E-state index in [1.165, 1.54) is 0 Å². The molecule has 0 heterocycles. The zero-order chi connectivity index (χ0) is 6.53. The molecule has 0 aromatic heterocycles. The average molecular weight is 116 g/mol. The third-order valence-corrected chi connectivity index (χ3v) is 1.01. The second-order valence-electron chi connectivity index (χ2n) is 1.67. The molecule has 0 fully saturated rings. The molecule has 0 bridgehead atoms. The molecule has 0 amide bonds. The Kier molecular flexibility index (Phi) is 1.77. The van der Waals surface area contributed by atoms with Gasteiger partial charge in [-0.15, -0.1) is 0 Å². The molecule has 1 heteroatoms. The van der Waals surface area contributed by atoms with Crippen LogP contribution in [0.1, 0.15) is 5.56 Å². The molecule has 0 radical (unpaired) electrons. The summed E-state index contributed by atoms with van der Waals surface area (Å²) in [6.45, 7) is 0. The van der Waals surface area contributed by atoms with Crippen LogP contribution < -0.4 is 0 Å². The van der Waals surface area contributed by atoms with Gasteiger partial charge in [0, 0.05) is 36.4 Å². The molecule has 1 rings (SSSR count). The second kappa shape index (κ2) is 2.78.